The zero-order valence-corrected chi connectivity index (χ0v) is 18.9. The summed E-state index contributed by atoms with van der Waals surface area (Å²) in [7, 11) is 0. The first-order valence-electron chi connectivity index (χ1n) is 11.9. The van der Waals surface area contributed by atoms with E-state index in [1.54, 1.807) is 0 Å². The number of hydrogen-bond acceptors (Lipinski definition) is 3. The van der Waals surface area contributed by atoms with Crippen LogP contribution in [0.5, 0.6) is 0 Å². The van der Waals surface area contributed by atoms with Crippen LogP contribution < -0.4 is 5.32 Å². The molecule has 0 radical (unpaired) electrons. The zero-order valence-electron chi connectivity index (χ0n) is 18.9. The lowest BCUT2D eigenvalue weighted by Gasteiger charge is -2.37. The van der Waals surface area contributed by atoms with Crippen LogP contribution in [0.2, 0.25) is 0 Å². The normalized spacial score (nSPS) is 19.3. The van der Waals surface area contributed by atoms with Gasteiger partial charge in [-0.25, -0.2) is 4.79 Å². The Labute approximate surface area is 192 Å². The monoisotopic (exact) mass is 430 g/mol. The van der Waals surface area contributed by atoms with Crippen LogP contribution in [-0.4, -0.2) is 48.6 Å². The van der Waals surface area contributed by atoms with Gasteiger partial charge in [0.25, 0.3) is 0 Å². The van der Waals surface area contributed by atoms with Crippen LogP contribution in [0.25, 0.3) is 0 Å². The summed E-state index contributed by atoms with van der Waals surface area (Å²) in [5.74, 6) is 0.688. The smallest absolute Gasteiger partial charge is 0.317 e. The van der Waals surface area contributed by atoms with Gasteiger partial charge in [-0.3, -0.25) is 4.90 Å². The largest absolute Gasteiger partial charge is 0.338 e. The molecule has 0 atom stereocenters. The van der Waals surface area contributed by atoms with E-state index in [9.17, 15) is 10.1 Å². The lowest BCUT2D eigenvalue weighted by atomic mass is 9.74. The number of nitrogens with zero attached hydrogens (tertiary/aromatic N) is 3. The highest BCUT2D eigenvalue weighted by Gasteiger charge is 2.37. The molecule has 5 nitrogen and oxygen atoms in total. The van der Waals surface area contributed by atoms with Crippen molar-refractivity contribution in [2.75, 3.05) is 32.7 Å². The molecule has 1 N–H and O–H groups in total. The maximum absolute atomic E-state index is 12.7. The Hall–Kier alpha value is -2.84. The number of nitriles is 1. The minimum absolute atomic E-state index is 0.0196. The maximum Gasteiger partial charge on any atom is 0.317 e. The molecule has 4 rings (SSSR count). The fraction of sp³-hybridized carbons (Fsp3) is 0.481. The number of urea groups is 1. The van der Waals surface area contributed by atoms with Gasteiger partial charge in [0.2, 0.25) is 0 Å². The Morgan fingerprint density at radius 2 is 1.59 bits per heavy atom. The molecule has 0 saturated carbocycles. The second kappa shape index (κ2) is 10.7. The first-order chi connectivity index (χ1) is 15.7. The Bertz CT molecular complexity index is 892. The van der Waals surface area contributed by atoms with Crippen LogP contribution in [0.4, 0.5) is 4.79 Å². The number of rotatable bonds is 6. The average Bonchev–Trinajstić information content (AvgIpc) is 2.86. The second-order valence-corrected chi connectivity index (χ2v) is 9.27. The van der Waals surface area contributed by atoms with Gasteiger partial charge >= 0.3 is 6.03 Å². The number of carbonyl (C=O) groups excluding carboxylic acids is 1. The third-order valence-corrected chi connectivity index (χ3v) is 7.23. The molecular weight excluding hydrogens is 396 g/mol. The van der Waals surface area contributed by atoms with Crippen molar-refractivity contribution in [1.82, 2.24) is 15.1 Å². The summed E-state index contributed by atoms with van der Waals surface area (Å²) in [6, 6.07) is 23.2. The molecule has 2 aromatic carbocycles. The summed E-state index contributed by atoms with van der Waals surface area (Å²) >= 11 is 0. The molecule has 0 aromatic heterocycles. The standard InChI is InChI=1S/C27H34N4O/c28-22-27(25-9-5-2-6-10-25)14-19-31(20-15-27)26(32)29-16-11-23-12-17-30(18-13-23)21-24-7-3-1-4-8-24/h1-10,23H,11-21H2,(H,29,32). The number of piperidine rings is 2. The second-order valence-electron chi connectivity index (χ2n) is 9.27. The summed E-state index contributed by atoms with van der Waals surface area (Å²) in [4.78, 5) is 17.1. The predicted octanol–water partition coefficient (Wildman–Crippen LogP) is 4.56. The molecule has 0 aliphatic carbocycles. The van der Waals surface area contributed by atoms with Crippen molar-refractivity contribution in [3.05, 3.63) is 71.8 Å². The Morgan fingerprint density at radius 3 is 2.22 bits per heavy atom. The molecule has 168 valence electrons. The van der Waals surface area contributed by atoms with Gasteiger partial charge in [0.05, 0.1) is 11.5 Å². The lowest BCUT2D eigenvalue weighted by molar-refractivity contribution is 0.162. The van der Waals surface area contributed by atoms with Crippen molar-refractivity contribution < 1.29 is 4.79 Å². The van der Waals surface area contributed by atoms with Crippen molar-refractivity contribution in [3.8, 4) is 6.07 Å². The number of likely N-dealkylation sites (tertiary alicyclic amines) is 2. The Morgan fingerprint density at radius 1 is 0.969 bits per heavy atom. The van der Waals surface area contributed by atoms with Gasteiger partial charge in [-0.15, -0.1) is 0 Å². The summed E-state index contributed by atoms with van der Waals surface area (Å²) in [6.45, 7) is 5.30. The van der Waals surface area contributed by atoms with E-state index in [-0.39, 0.29) is 6.03 Å². The summed E-state index contributed by atoms with van der Waals surface area (Å²) < 4.78 is 0. The molecule has 2 aliphatic rings. The molecule has 5 heteroatoms. The highest BCUT2D eigenvalue weighted by Crippen LogP contribution is 2.34. The van der Waals surface area contributed by atoms with Crippen LogP contribution in [0.1, 0.15) is 43.2 Å². The topological polar surface area (TPSA) is 59.4 Å². The van der Waals surface area contributed by atoms with Gasteiger partial charge < -0.3 is 10.2 Å². The van der Waals surface area contributed by atoms with Crippen LogP contribution in [0.15, 0.2) is 60.7 Å². The molecule has 2 aliphatic heterocycles. The van der Waals surface area contributed by atoms with Crippen molar-refractivity contribution in [1.29, 1.82) is 5.26 Å². The number of benzene rings is 2. The number of carbonyl (C=O) groups is 1. The first-order valence-corrected chi connectivity index (χ1v) is 11.9. The molecule has 32 heavy (non-hydrogen) atoms. The quantitative estimate of drug-likeness (QED) is 0.731. The van der Waals surface area contributed by atoms with E-state index in [0.29, 0.717) is 31.8 Å². The fourth-order valence-electron chi connectivity index (χ4n) is 5.08. The van der Waals surface area contributed by atoms with E-state index >= 15 is 0 Å². The third-order valence-electron chi connectivity index (χ3n) is 7.23. The average molecular weight is 431 g/mol. The minimum Gasteiger partial charge on any atom is -0.338 e. The number of hydrogen-bond donors (Lipinski definition) is 1. The van der Waals surface area contributed by atoms with E-state index in [2.05, 4.69) is 46.6 Å². The first kappa shape index (κ1) is 22.4. The Balaban J connectivity index is 1.15. The molecule has 2 fully saturated rings. The van der Waals surface area contributed by atoms with Crippen molar-refractivity contribution in [2.24, 2.45) is 5.92 Å². The van der Waals surface area contributed by atoms with Gasteiger partial charge in [-0.1, -0.05) is 60.7 Å². The SMILES string of the molecule is N#CC1(c2ccccc2)CCN(C(=O)NCCC2CCN(Cc3ccccc3)CC2)CC1. The zero-order chi connectivity index (χ0) is 22.2. The molecule has 0 unspecified atom stereocenters. The predicted molar refractivity (Wildman–Crippen MR) is 127 cm³/mol. The molecule has 2 amide bonds. The maximum atomic E-state index is 12.7. The highest BCUT2D eigenvalue weighted by molar-refractivity contribution is 5.74. The van der Waals surface area contributed by atoms with Crippen LogP contribution in [0.3, 0.4) is 0 Å². The Kier molecular flexibility index (Phi) is 7.44. The van der Waals surface area contributed by atoms with Crippen molar-refractivity contribution in [3.63, 3.8) is 0 Å². The van der Waals surface area contributed by atoms with E-state index in [1.807, 2.05) is 35.2 Å². The fourth-order valence-corrected chi connectivity index (χ4v) is 5.08. The lowest BCUT2D eigenvalue weighted by Crippen LogP contribution is -2.48. The summed E-state index contributed by atoms with van der Waals surface area (Å²) in [5, 5.41) is 13.0. The minimum atomic E-state index is -0.467. The van der Waals surface area contributed by atoms with Gasteiger partial charge in [-0.2, -0.15) is 5.26 Å². The third kappa shape index (κ3) is 5.49. The van der Waals surface area contributed by atoms with Crippen LogP contribution in [-0.2, 0) is 12.0 Å². The molecule has 2 aromatic rings. The summed E-state index contributed by atoms with van der Waals surface area (Å²) in [5.41, 5.74) is 1.99. The summed E-state index contributed by atoms with van der Waals surface area (Å²) in [6.07, 6.45) is 4.84. The molecule has 0 bridgehead atoms. The van der Waals surface area contributed by atoms with Gasteiger partial charge in [0.1, 0.15) is 0 Å². The van der Waals surface area contributed by atoms with Crippen molar-refractivity contribution in [2.45, 2.75) is 44.1 Å². The molecule has 2 heterocycles. The van der Waals surface area contributed by atoms with Crippen LogP contribution >= 0.6 is 0 Å². The van der Waals surface area contributed by atoms with Gasteiger partial charge in [0, 0.05) is 26.2 Å². The molecule has 0 spiro atoms. The van der Waals surface area contributed by atoms with E-state index in [4.69, 9.17) is 0 Å². The molecular formula is C27H34N4O. The van der Waals surface area contributed by atoms with E-state index < -0.39 is 5.41 Å². The van der Waals surface area contributed by atoms with Crippen molar-refractivity contribution >= 4 is 6.03 Å². The van der Waals surface area contributed by atoms with Crippen LogP contribution in [0, 0.1) is 17.2 Å². The van der Waals surface area contributed by atoms with E-state index in [1.165, 1.54) is 18.4 Å². The number of nitrogens with one attached hydrogen (secondary N) is 1. The van der Waals surface area contributed by atoms with Gasteiger partial charge in [0.15, 0.2) is 0 Å². The highest BCUT2D eigenvalue weighted by atomic mass is 16.2. The van der Waals surface area contributed by atoms with E-state index in [0.717, 1.165) is 38.2 Å². The van der Waals surface area contributed by atoms with Gasteiger partial charge in [-0.05, 0) is 62.2 Å². The number of amides is 2. The molecule has 2 saturated heterocycles.